The Morgan fingerprint density at radius 1 is 1.10 bits per heavy atom. The quantitative estimate of drug-likeness (QED) is 0.249. The van der Waals surface area contributed by atoms with Crippen molar-refractivity contribution in [2.45, 2.75) is 50.6 Å². The summed E-state index contributed by atoms with van der Waals surface area (Å²) in [6.45, 7) is 1.08. The molecule has 1 aliphatic heterocycles. The van der Waals surface area contributed by atoms with Gasteiger partial charge < -0.3 is 14.6 Å². The maximum Gasteiger partial charge on any atom is 0.434 e. The number of nitrogens with zero attached hydrogens (tertiary/aromatic N) is 6. The van der Waals surface area contributed by atoms with Crippen LogP contribution < -0.4 is 5.32 Å². The first-order valence-corrected chi connectivity index (χ1v) is 14.0. The molecule has 0 radical (unpaired) electrons. The van der Waals surface area contributed by atoms with Crippen molar-refractivity contribution in [3.05, 3.63) is 76.1 Å². The highest BCUT2D eigenvalue weighted by molar-refractivity contribution is 6.35. The summed E-state index contributed by atoms with van der Waals surface area (Å²) >= 11 is 12.7. The summed E-state index contributed by atoms with van der Waals surface area (Å²) < 4.78 is 48.6. The molecule has 8 nitrogen and oxygen atoms in total. The number of allylic oxidation sites excluding steroid dienone is 4. The molecule has 4 heterocycles. The van der Waals surface area contributed by atoms with Crippen LogP contribution in [0.4, 0.5) is 19.0 Å². The monoisotopic (exact) mass is 603 g/mol. The first-order chi connectivity index (χ1) is 19.7. The Morgan fingerprint density at radius 3 is 2.59 bits per heavy atom. The van der Waals surface area contributed by atoms with E-state index in [1.165, 1.54) is 4.57 Å². The first kappa shape index (κ1) is 27.7. The molecule has 6 rings (SSSR count). The molecule has 2 unspecified atom stereocenters. The molecule has 1 aliphatic carbocycles. The maximum absolute atomic E-state index is 13.1. The van der Waals surface area contributed by atoms with E-state index >= 15 is 0 Å². The largest absolute Gasteiger partial charge is 0.434 e. The summed E-state index contributed by atoms with van der Waals surface area (Å²) in [4.78, 5) is 18.1. The number of halogens is 5. The Kier molecular flexibility index (Phi) is 7.52. The molecule has 0 spiro atoms. The van der Waals surface area contributed by atoms with Gasteiger partial charge in [0.25, 0.3) is 0 Å². The molecule has 0 bridgehead atoms. The Morgan fingerprint density at radius 2 is 1.90 bits per heavy atom. The summed E-state index contributed by atoms with van der Waals surface area (Å²) in [6.07, 6.45) is 5.16. The third-order valence-corrected chi connectivity index (χ3v) is 7.85. The van der Waals surface area contributed by atoms with Crippen LogP contribution in [-0.2, 0) is 24.5 Å². The summed E-state index contributed by atoms with van der Waals surface area (Å²) in [5, 5.41) is 4.51. The van der Waals surface area contributed by atoms with E-state index in [9.17, 15) is 13.2 Å². The van der Waals surface area contributed by atoms with Crippen LogP contribution >= 0.6 is 23.2 Å². The molecule has 1 fully saturated rings. The van der Waals surface area contributed by atoms with Gasteiger partial charge in [0.15, 0.2) is 22.7 Å². The lowest BCUT2D eigenvalue weighted by Crippen LogP contribution is -2.18. The fourth-order valence-corrected chi connectivity index (χ4v) is 5.62. The smallest absolute Gasteiger partial charge is 0.364 e. The van der Waals surface area contributed by atoms with E-state index in [0.29, 0.717) is 58.0 Å². The van der Waals surface area contributed by atoms with E-state index in [1.807, 2.05) is 22.8 Å². The van der Waals surface area contributed by atoms with Gasteiger partial charge in [-0.2, -0.15) is 13.2 Å². The highest BCUT2D eigenvalue weighted by Gasteiger charge is 2.34. The molecule has 0 saturated carbocycles. The normalized spacial score (nSPS) is 19.8. The number of alkyl halides is 3. The minimum atomic E-state index is -4.50. The summed E-state index contributed by atoms with van der Waals surface area (Å²) in [7, 11) is 1.54. The van der Waals surface area contributed by atoms with Gasteiger partial charge in [-0.1, -0.05) is 53.5 Å². The van der Waals surface area contributed by atoms with Gasteiger partial charge in [0.2, 0.25) is 0 Å². The van der Waals surface area contributed by atoms with E-state index in [0.717, 1.165) is 31.0 Å². The van der Waals surface area contributed by atoms with Gasteiger partial charge in [-0.25, -0.2) is 19.9 Å². The second-order valence-electron chi connectivity index (χ2n) is 10.1. The standard InChI is InChI=1S/C28H26Cl2F3N7O/c1-39-14-21(28(31,32)33)36-26(39)17-7-5-16(6-8-17)13-34-25-23-27(40(15-35-23)22-4-2-3-11-41-22)38-24(37-25)19-10-9-18(29)12-20(19)30/h5-9,12,14-15,19,22H,2-4,10-11,13H2,1H3,(H,34,37,38). The third-order valence-electron chi connectivity index (χ3n) is 7.21. The number of aromatic nitrogens is 6. The number of ether oxygens (including phenoxy) is 1. The van der Waals surface area contributed by atoms with Gasteiger partial charge in [-0.3, -0.25) is 4.57 Å². The topological polar surface area (TPSA) is 82.7 Å². The van der Waals surface area contributed by atoms with E-state index in [1.54, 1.807) is 31.6 Å². The molecular formula is C28H26Cl2F3N7O. The van der Waals surface area contributed by atoms with Gasteiger partial charge in [-0.05, 0) is 37.3 Å². The lowest BCUT2D eigenvalue weighted by molar-refractivity contribution is -0.140. The number of aryl methyl sites for hydroxylation is 1. The summed E-state index contributed by atoms with van der Waals surface area (Å²) in [6, 6.07) is 7.17. The molecule has 1 N–H and O–H groups in total. The SMILES string of the molecule is Cn1cc(C(F)(F)F)nc1-c1ccc(CNc2nc(C3CC=C(Cl)C=C3Cl)nc3c2ncn3C2CCCCO2)cc1. The Balaban J connectivity index is 1.29. The zero-order chi connectivity index (χ0) is 28.7. The van der Waals surface area contributed by atoms with E-state index < -0.39 is 11.9 Å². The molecular weight excluding hydrogens is 578 g/mol. The Hall–Kier alpha value is -3.41. The van der Waals surface area contributed by atoms with Crippen LogP contribution in [0.15, 0.2) is 59.0 Å². The predicted molar refractivity (Wildman–Crippen MR) is 150 cm³/mol. The molecule has 2 atom stereocenters. The molecule has 214 valence electrons. The van der Waals surface area contributed by atoms with Crippen molar-refractivity contribution in [3.63, 3.8) is 0 Å². The molecule has 4 aromatic rings. The minimum Gasteiger partial charge on any atom is -0.364 e. The highest BCUT2D eigenvalue weighted by Crippen LogP contribution is 2.37. The van der Waals surface area contributed by atoms with E-state index in [4.69, 9.17) is 37.9 Å². The van der Waals surface area contributed by atoms with E-state index in [-0.39, 0.29) is 18.0 Å². The van der Waals surface area contributed by atoms with Crippen molar-refractivity contribution in [1.29, 1.82) is 0 Å². The lowest BCUT2D eigenvalue weighted by atomic mass is 9.99. The highest BCUT2D eigenvalue weighted by atomic mass is 35.5. The Labute approximate surface area is 243 Å². The van der Waals surface area contributed by atoms with Gasteiger partial charge in [0.05, 0.1) is 12.2 Å². The average molecular weight is 604 g/mol. The molecule has 1 aromatic carbocycles. The van der Waals surface area contributed by atoms with Crippen molar-refractivity contribution in [2.24, 2.45) is 7.05 Å². The summed E-state index contributed by atoms with van der Waals surface area (Å²) in [5.41, 5.74) is 1.81. The zero-order valence-electron chi connectivity index (χ0n) is 22.0. The molecule has 2 aliphatic rings. The molecule has 1 saturated heterocycles. The number of fused-ring (bicyclic) bond motifs is 1. The first-order valence-electron chi connectivity index (χ1n) is 13.2. The third kappa shape index (κ3) is 5.71. The van der Waals surface area contributed by atoms with Crippen LogP contribution in [-0.4, -0.2) is 35.7 Å². The van der Waals surface area contributed by atoms with Crippen LogP contribution in [0.25, 0.3) is 22.6 Å². The number of rotatable bonds is 6. The maximum atomic E-state index is 13.1. The number of anilines is 1. The molecule has 41 heavy (non-hydrogen) atoms. The second kappa shape index (κ2) is 11.1. The van der Waals surface area contributed by atoms with Crippen LogP contribution in [0, 0.1) is 0 Å². The number of imidazole rings is 2. The van der Waals surface area contributed by atoms with Crippen molar-refractivity contribution in [1.82, 2.24) is 29.1 Å². The molecule has 3 aromatic heterocycles. The molecule has 0 amide bonds. The average Bonchev–Trinajstić information content (AvgIpc) is 3.56. The van der Waals surface area contributed by atoms with Gasteiger partial charge >= 0.3 is 6.18 Å². The zero-order valence-corrected chi connectivity index (χ0v) is 23.5. The Bertz CT molecular complexity index is 1640. The van der Waals surface area contributed by atoms with Gasteiger partial charge in [0, 0.05) is 42.0 Å². The fourth-order valence-electron chi connectivity index (χ4n) is 5.06. The lowest BCUT2D eigenvalue weighted by Gasteiger charge is -2.24. The van der Waals surface area contributed by atoms with Crippen LogP contribution in [0.2, 0.25) is 0 Å². The van der Waals surface area contributed by atoms with Crippen molar-refractivity contribution in [2.75, 3.05) is 11.9 Å². The van der Waals surface area contributed by atoms with Crippen molar-refractivity contribution in [3.8, 4) is 11.4 Å². The molecule has 13 heteroatoms. The van der Waals surface area contributed by atoms with Crippen LogP contribution in [0.1, 0.15) is 54.9 Å². The number of hydrogen-bond acceptors (Lipinski definition) is 6. The van der Waals surface area contributed by atoms with Crippen LogP contribution in [0.5, 0.6) is 0 Å². The number of nitrogens with one attached hydrogen (secondary N) is 1. The van der Waals surface area contributed by atoms with Gasteiger partial charge in [-0.15, -0.1) is 0 Å². The van der Waals surface area contributed by atoms with Crippen molar-refractivity contribution >= 4 is 40.2 Å². The van der Waals surface area contributed by atoms with E-state index in [2.05, 4.69) is 15.3 Å². The fraction of sp³-hybridized carbons (Fsp3) is 0.357. The summed E-state index contributed by atoms with van der Waals surface area (Å²) in [5.74, 6) is 1.08. The van der Waals surface area contributed by atoms with Crippen LogP contribution in [0.3, 0.4) is 0 Å². The second-order valence-corrected chi connectivity index (χ2v) is 11.0. The van der Waals surface area contributed by atoms with Crippen molar-refractivity contribution < 1.29 is 17.9 Å². The predicted octanol–water partition coefficient (Wildman–Crippen LogP) is 7.29. The van der Waals surface area contributed by atoms with Gasteiger partial charge in [0.1, 0.15) is 17.9 Å². The minimum absolute atomic E-state index is 0.160. The number of benzene rings is 1. The number of hydrogen-bond donors (Lipinski definition) is 1.